The summed E-state index contributed by atoms with van der Waals surface area (Å²) in [6.07, 6.45) is 1.71. The van der Waals surface area contributed by atoms with E-state index in [1.165, 1.54) is 16.9 Å². The Kier molecular flexibility index (Phi) is 5.36. The summed E-state index contributed by atoms with van der Waals surface area (Å²) in [4.78, 5) is 23.3. The van der Waals surface area contributed by atoms with Crippen molar-refractivity contribution in [1.29, 1.82) is 0 Å². The summed E-state index contributed by atoms with van der Waals surface area (Å²) < 4.78 is 0. The van der Waals surface area contributed by atoms with Crippen molar-refractivity contribution in [2.75, 3.05) is 26.2 Å². The van der Waals surface area contributed by atoms with Crippen LogP contribution in [0.3, 0.4) is 0 Å². The molecule has 3 heterocycles. The van der Waals surface area contributed by atoms with Crippen molar-refractivity contribution in [1.82, 2.24) is 14.8 Å². The van der Waals surface area contributed by atoms with E-state index >= 15 is 0 Å². The third kappa shape index (κ3) is 3.99. The lowest BCUT2D eigenvalue weighted by atomic mass is 10.2. The van der Waals surface area contributed by atoms with Gasteiger partial charge >= 0.3 is 0 Å². The van der Waals surface area contributed by atoms with E-state index in [1.807, 2.05) is 40.6 Å². The van der Waals surface area contributed by atoms with Crippen molar-refractivity contribution in [3.8, 4) is 9.88 Å². The maximum absolute atomic E-state index is 12.8. The highest BCUT2D eigenvalue weighted by atomic mass is 35.5. The van der Waals surface area contributed by atoms with Gasteiger partial charge in [0.1, 0.15) is 9.88 Å². The van der Waals surface area contributed by atoms with Gasteiger partial charge in [-0.2, -0.15) is 0 Å². The van der Waals surface area contributed by atoms with Crippen LogP contribution in [0.2, 0.25) is 5.02 Å². The molecule has 4 rings (SSSR count). The zero-order chi connectivity index (χ0) is 17.9. The topological polar surface area (TPSA) is 36.4 Å². The maximum Gasteiger partial charge on any atom is 0.265 e. The summed E-state index contributed by atoms with van der Waals surface area (Å²) in [5.41, 5.74) is 1.21. The standard InChI is InChI=1S/C19H18ClN3OS2/c20-15-4-1-3-14(11-15)13-22-6-8-23(9-7-22)19(24)17-12-21-18(26-17)16-5-2-10-25-16/h1-5,10-12H,6-9,13H2. The van der Waals surface area contributed by atoms with E-state index < -0.39 is 0 Å². The molecule has 1 aromatic carbocycles. The number of carbonyl (C=O) groups excluding carboxylic acids is 1. The third-order valence-electron chi connectivity index (χ3n) is 4.40. The Hall–Kier alpha value is -1.73. The van der Waals surface area contributed by atoms with E-state index in [0.29, 0.717) is 0 Å². The molecule has 0 unspecified atom stereocenters. The number of nitrogens with zero attached hydrogens (tertiary/aromatic N) is 3. The van der Waals surface area contributed by atoms with Gasteiger partial charge in [-0.25, -0.2) is 4.98 Å². The second-order valence-corrected chi connectivity index (χ2v) is 8.62. The van der Waals surface area contributed by atoms with Crippen molar-refractivity contribution >= 4 is 40.2 Å². The van der Waals surface area contributed by atoms with Crippen LogP contribution in [0.25, 0.3) is 9.88 Å². The molecule has 26 heavy (non-hydrogen) atoms. The van der Waals surface area contributed by atoms with Crippen LogP contribution in [0.15, 0.2) is 48.0 Å². The first kappa shape index (κ1) is 17.7. The van der Waals surface area contributed by atoms with Crippen LogP contribution in [0.5, 0.6) is 0 Å². The number of thiazole rings is 1. The zero-order valence-corrected chi connectivity index (χ0v) is 16.5. The molecule has 0 bridgehead atoms. The van der Waals surface area contributed by atoms with E-state index in [0.717, 1.165) is 52.5 Å². The van der Waals surface area contributed by atoms with Gasteiger partial charge < -0.3 is 4.90 Å². The van der Waals surface area contributed by atoms with Crippen LogP contribution in [0.4, 0.5) is 0 Å². The Bertz CT molecular complexity index is 886. The Morgan fingerprint density at radius 1 is 1.15 bits per heavy atom. The Balaban J connectivity index is 1.35. The first-order valence-electron chi connectivity index (χ1n) is 8.45. The second-order valence-electron chi connectivity index (χ2n) is 6.21. The van der Waals surface area contributed by atoms with E-state index in [-0.39, 0.29) is 5.91 Å². The van der Waals surface area contributed by atoms with Crippen LogP contribution >= 0.6 is 34.3 Å². The fourth-order valence-electron chi connectivity index (χ4n) is 3.05. The molecule has 2 aromatic heterocycles. The van der Waals surface area contributed by atoms with Gasteiger partial charge in [0, 0.05) is 37.7 Å². The molecule has 4 nitrogen and oxygen atoms in total. The molecule has 0 aliphatic carbocycles. The number of hydrogen-bond donors (Lipinski definition) is 0. The molecular formula is C19H18ClN3OS2. The predicted octanol–water partition coefficient (Wildman–Crippen LogP) is 4.48. The number of hydrogen-bond acceptors (Lipinski definition) is 5. The van der Waals surface area contributed by atoms with Crippen molar-refractivity contribution in [3.63, 3.8) is 0 Å². The molecule has 3 aromatic rings. The molecule has 1 amide bonds. The molecular weight excluding hydrogens is 386 g/mol. The first-order chi connectivity index (χ1) is 12.7. The Morgan fingerprint density at radius 2 is 2.00 bits per heavy atom. The lowest BCUT2D eigenvalue weighted by molar-refractivity contribution is 0.0633. The number of benzene rings is 1. The van der Waals surface area contributed by atoms with Gasteiger partial charge in [-0.3, -0.25) is 9.69 Å². The Labute approximate surface area is 165 Å². The number of thiophene rings is 1. The summed E-state index contributed by atoms with van der Waals surface area (Å²) in [5, 5.41) is 3.71. The zero-order valence-electron chi connectivity index (χ0n) is 14.1. The minimum Gasteiger partial charge on any atom is -0.335 e. The third-order valence-corrected chi connectivity index (χ3v) is 6.66. The van der Waals surface area contributed by atoms with Crippen LogP contribution < -0.4 is 0 Å². The van der Waals surface area contributed by atoms with E-state index in [2.05, 4.69) is 16.0 Å². The number of carbonyl (C=O) groups is 1. The summed E-state index contributed by atoms with van der Waals surface area (Å²) in [6, 6.07) is 12.0. The van der Waals surface area contributed by atoms with Crippen LogP contribution in [0, 0.1) is 0 Å². The molecule has 1 saturated heterocycles. The van der Waals surface area contributed by atoms with E-state index in [4.69, 9.17) is 11.6 Å². The number of aromatic nitrogens is 1. The predicted molar refractivity (Wildman–Crippen MR) is 108 cm³/mol. The van der Waals surface area contributed by atoms with Crippen LogP contribution in [-0.4, -0.2) is 46.9 Å². The Morgan fingerprint density at radius 3 is 2.73 bits per heavy atom. The number of rotatable bonds is 4. The second kappa shape index (κ2) is 7.88. The molecule has 0 N–H and O–H groups in total. The minimum absolute atomic E-state index is 0.0905. The molecule has 1 fully saturated rings. The molecule has 0 atom stereocenters. The molecule has 0 spiro atoms. The fourth-order valence-corrected chi connectivity index (χ4v) is 4.95. The quantitative estimate of drug-likeness (QED) is 0.644. The monoisotopic (exact) mass is 403 g/mol. The van der Waals surface area contributed by atoms with Crippen LogP contribution in [0.1, 0.15) is 15.2 Å². The lowest BCUT2D eigenvalue weighted by Gasteiger charge is -2.34. The molecule has 1 aliphatic rings. The maximum atomic E-state index is 12.8. The number of halogens is 1. The van der Waals surface area contributed by atoms with E-state index in [9.17, 15) is 4.79 Å². The summed E-state index contributed by atoms with van der Waals surface area (Å²) in [5.74, 6) is 0.0905. The highest BCUT2D eigenvalue weighted by Crippen LogP contribution is 2.29. The van der Waals surface area contributed by atoms with Gasteiger partial charge in [-0.15, -0.1) is 22.7 Å². The smallest absolute Gasteiger partial charge is 0.265 e. The van der Waals surface area contributed by atoms with Gasteiger partial charge in [0.25, 0.3) is 5.91 Å². The van der Waals surface area contributed by atoms with Crippen molar-refractivity contribution in [2.45, 2.75) is 6.54 Å². The average Bonchev–Trinajstić information content (AvgIpc) is 3.33. The highest BCUT2D eigenvalue weighted by molar-refractivity contribution is 7.21. The van der Waals surface area contributed by atoms with Gasteiger partial charge in [-0.05, 0) is 29.1 Å². The van der Waals surface area contributed by atoms with Gasteiger partial charge in [-0.1, -0.05) is 29.8 Å². The van der Waals surface area contributed by atoms with Gasteiger partial charge in [0.15, 0.2) is 0 Å². The fraction of sp³-hybridized carbons (Fsp3) is 0.263. The van der Waals surface area contributed by atoms with Crippen molar-refractivity contribution in [2.24, 2.45) is 0 Å². The summed E-state index contributed by atoms with van der Waals surface area (Å²) in [7, 11) is 0. The first-order valence-corrected chi connectivity index (χ1v) is 10.5. The van der Waals surface area contributed by atoms with Crippen LogP contribution in [-0.2, 0) is 6.54 Å². The molecule has 134 valence electrons. The summed E-state index contributed by atoms with van der Waals surface area (Å²) in [6.45, 7) is 4.09. The summed E-state index contributed by atoms with van der Waals surface area (Å²) >= 11 is 9.18. The SMILES string of the molecule is O=C(c1cnc(-c2cccs2)s1)N1CCN(Cc2cccc(Cl)c2)CC1. The largest absolute Gasteiger partial charge is 0.335 e. The molecule has 0 radical (unpaired) electrons. The highest BCUT2D eigenvalue weighted by Gasteiger charge is 2.24. The molecule has 1 aliphatic heterocycles. The lowest BCUT2D eigenvalue weighted by Crippen LogP contribution is -2.48. The van der Waals surface area contributed by atoms with E-state index in [1.54, 1.807) is 17.5 Å². The number of piperazine rings is 1. The van der Waals surface area contributed by atoms with Crippen molar-refractivity contribution < 1.29 is 4.79 Å². The average molecular weight is 404 g/mol. The molecule has 7 heteroatoms. The van der Waals surface area contributed by atoms with Gasteiger partial charge in [0.05, 0.1) is 11.1 Å². The van der Waals surface area contributed by atoms with Gasteiger partial charge in [0.2, 0.25) is 0 Å². The normalized spacial score (nSPS) is 15.3. The minimum atomic E-state index is 0.0905. The van der Waals surface area contributed by atoms with Crippen molar-refractivity contribution in [3.05, 3.63) is 63.4 Å². The molecule has 0 saturated carbocycles. The number of amides is 1.